The number of rotatable bonds is 5. The fourth-order valence-electron chi connectivity index (χ4n) is 2.97. The first-order valence-electron chi connectivity index (χ1n) is 8.01. The highest BCUT2D eigenvalue weighted by molar-refractivity contribution is 5.79. The number of carbonyl (C=O) groups excluding carboxylic acids is 1. The van der Waals surface area contributed by atoms with Gasteiger partial charge in [0.05, 0.1) is 5.92 Å². The zero-order valence-corrected chi connectivity index (χ0v) is 13.2. The van der Waals surface area contributed by atoms with E-state index in [1.54, 1.807) is 0 Å². The molecule has 0 bridgehead atoms. The van der Waals surface area contributed by atoms with E-state index in [0.717, 1.165) is 23.3 Å². The summed E-state index contributed by atoms with van der Waals surface area (Å²) in [5, 5.41) is 0. The van der Waals surface area contributed by atoms with E-state index in [1.165, 1.54) is 0 Å². The Bertz CT molecular complexity index is 657. The number of hydrogen-bond donors (Lipinski definition) is 1. The molecule has 3 rings (SSSR count). The lowest BCUT2D eigenvalue weighted by atomic mass is 9.95. The fourth-order valence-corrected chi connectivity index (χ4v) is 2.97. The molecule has 1 atom stereocenters. The van der Waals surface area contributed by atoms with Crippen LogP contribution in [-0.2, 0) is 17.8 Å². The van der Waals surface area contributed by atoms with Crippen LogP contribution in [0.25, 0.3) is 0 Å². The van der Waals surface area contributed by atoms with Crippen LogP contribution in [0.15, 0.2) is 54.6 Å². The Balaban J connectivity index is 1.71. The fraction of sp³-hybridized carbons (Fsp3) is 0.316. The molecule has 0 spiro atoms. The molecule has 23 heavy (non-hydrogen) atoms. The largest absolute Gasteiger partial charge is 0.492 e. The lowest BCUT2D eigenvalue weighted by molar-refractivity contribution is -0.137. The Morgan fingerprint density at radius 3 is 2.65 bits per heavy atom. The number of nitrogens with zero attached hydrogens (tertiary/aromatic N) is 1. The number of benzene rings is 2. The van der Waals surface area contributed by atoms with Crippen molar-refractivity contribution in [2.24, 2.45) is 11.7 Å². The smallest absolute Gasteiger partial charge is 0.229 e. The number of amides is 1. The van der Waals surface area contributed by atoms with Gasteiger partial charge in [0.1, 0.15) is 12.4 Å². The predicted octanol–water partition coefficient (Wildman–Crippen LogP) is 2.23. The van der Waals surface area contributed by atoms with Crippen LogP contribution in [0.3, 0.4) is 0 Å². The standard InChI is InChI=1S/C19H22N2O2/c20-10-11-21(13-15-6-2-1-3-7-15)19(22)17-12-16-8-4-5-9-18(16)23-14-17/h1-9,17H,10-14,20H2. The van der Waals surface area contributed by atoms with Crippen LogP contribution in [0.4, 0.5) is 0 Å². The zero-order chi connectivity index (χ0) is 16.1. The summed E-state index contributed by atoms with van der Waals surface area (Å²) in [6.07, 6.45) is 0.727. The molecule has 0 aliphatic carbocycles. The van der Waals surface area contributed by atoms with E-state index in [1.807, 2.05) is 59.5 Å². The second-order valence-corrected chi connectivity index (χ2v) is 5.85. The molecule has 2 aromatic rings. The second-order valence-electron chi connectivity index (χ2n) is 5.85. The minimum Gasteiger partial charge on any atom is -0.492 e. The van der Waals surface area contributed by atoms with E-state index in [4.69, 9.17) is 10.5 Å². The lowest BCUT2D eigenvalue weighted by Crippen LogP contribution is -2.42. The first-order chi connectivity index (χ1) is 11.3. The van der Waals surface area contributed by atoms with Crippen molar-refractivity contribution in [2.75, 3.05) is 19.7 Å². The second kappa shape index (κ2) is 7.29. The van der Waals surface area contributed by atoms with Crippen molar-refractivity contribution in [1.82, 2.24) is 4.90 Å². The van der Waals surface area contributed by atoms with Crippen molar-refractivity contribution in [1.29, 1.82) is 0 Å². The molecule has 2 aromatic carbocycles. The summed E-state index contributed by atoms with van der Waals surface area (Å²) in [7, 11) is 0. The van der Waals surface area contributed by atoms with Gasteiger partial charge in [0.15, 0.2) is 0 Å². The van der Waals surface area contributed by atoms with Gasteiger partial charge in [-0.05, 0) is 23.6 Å². The number of hydrogen-bond acceptors (Lipinski definition) is 3. The van der Waals surface area contributed by atoms with Crippen LogP contribution in [0.1, 0.15) is 11.1 Å². The van der Waals surface area contributed by atoms with Gasteiger partial charge in [-0.3, -0.25) is 4.79 Å². The molecule has 0 saturated carbocycles. The Hall–Kier alpha value is -2.33. The van der Waals surface area contributed by atoms with Gasteiger partial charge in [0, 0.05) is 19.6 Å². The highest BCUT2D eigenvalue weighted by atomic mass is 16.5. The molecule has 4 heteroatoms. The van der Waals surface area contributed by atoms with Crippen LogP contribution in [-0.4, -0.2) is 30.5 Å². The predicted molar refractivity (Wildman–Crippen MR) is 90.0 cm³/mol. The monoisotopic (exact) mass is 310 g/mol. The normalized spacial score (nSPS) is 16.3. The quantitative estimate of drug-likeness (QED) is 0.921. The Kier molecular flexibility index (Phi) is 4.93. The van der Waals surface area contributed by atoms with Gasteiger partial charge < -0.3 is 15.4 Å². The summed E-state index contributed by atoms with van der Waals surface area (Å²) in [5.74, 6) is 0.874. The molecule has 1 aliphatic rings. The van der Waals surface area contributed by atoms with Crippen molar-refractivity contribution in [3.8, 4) is 5.75 Å². The number of fused-ring (bicyclic) bond motifs is 1. The number of ether oxygens (including phenoxy) is 1. The highest BCUT2D eigenvalue weighted by Crippen LogP contribution is 2.28. The summed E-state index contributed by atoms with van der Waals surface area (Å²) in [6, 6.07) is 17.9. The van der Waals surface area contributed by atoms with E-state index in [0.29, 0.717) is 26.2 Å². The van der Waals surface area contributed by atoms with E-state index in [2.05, 4.69) is 0 Å². The molecule has 0 aromatic heterocycles. The molecule has 2 N–H and O–H groups in total. The molecule has 4 nitrogen and oxygen atoms in total. The number of nitrogens with two attached hydrogens (primary N) is 1. The van der Waals surface area contributed by atoms with Gasteiger partial charge in [-0.1, -0.05) is 48.5 Å². The van der Waals surface area contributed by atoms with Crippen LogP contribution in [0.2, 0.25) is 0 Å². The third-order valence-corrected chi connectivity index (χ3v) is 4.16. The minimum absolute atomic E-state index is 0.119. The average molecular weight is 310 g/mol. The molecular weight excluding hydrogens is 288 g/mol. The third kappa shape index (κ3) is 3.71. The molecule has 120 valence electrons. The molecule has 1 amide bonds. The SMILES string of the molecule is NCCN(Cc1ccccc1)C(=O)C1COc2ccccc2C1. The number of para-hydroxylation sites is 1. The summed E-state index contributed by atoms with van der Waals surface area (Å²) in [6.45, 7) is 2.05. The molecule has 1 unspecified atom stereocenters. The molecule has 1 heterocycles. The van der Waals surface area contributed by atoms with Crippen LogP contribution in [0.5, 0.6) is 5.75 Å². The summed E-state index contributed by atoms with van der Waals surface area (Å²) in [4.78, 5) is 14.7. The lowest BCUT2D eigenvalue weighted by Gasteiger charge is -2.30. The van der Waals surface area contributed by atoms with Gasteiger partial charge >= 0.3 is 0 Å². The van der Waals surface area contributed by atoms with Gasteiger partial charge in [-0.25, -0.2) is 0 Å². The van der Waals surface area contributed by atoms with Gasteiger partial charge in [0.2, 0.25) is 5.91 Å². The maximum atomic E-state index is 12.9. The maximum Gasteiger partial charge on any atom is 0.229 e. The van der Waals surface area contributed by atoms with E-state index < -0.39 is 0 Å². The number of carbonyl (C=O) groups is 1. The van der Waals surface area contributed by atoms with Gasteiger partial charge in [-0.15, -0.1) is 0 Å². The summed E-state index contributed by atoms with van der Waals surface area (Å²) >= 11 is 0. The molecular formula is C19H22N2O2. The first kappa shape index (κ1) is 15.6. The molecule has 0 fully saturated rings. The van der Waals surface area contributed by atoms with Crippen molar-refractivity contribution >= 4 is 5.91 Å². The van der Waals surface area contributed by atoms with E-state index >= 15 is 0 Å². The van der Waals surface area contributed by atoms with Crippen molar-refractivity contribution in [3.63, 3.8) is 0 Å². The van der Waals surface area contributed by atoms with Gasteiger partial charge in [0.25, 0.3) is 0 Å². The molecule has 0 saturated heterocycles. The first-order valence-corrected chi connectivity index (χ1v) is 8.01. The van der Waals surface area contributed by atoms with Crippen LogP contribution in [0, 0.1) is 5.92 Å². The van der Waals surface area contributed by atoms with E-state index in [-0.39, 0.29) is 11.8 Å². The van der Waals surface area contributed by atoms with Crippen molar-refractivity contribution < 1.29 is 9.53 Å². The third-order valence-electron chi connectivity index (χ3n) is 4.16. The highest BCUT2D eigenvalue weighted by Gasteiger charge is 2.29. The Labute approximate surface area is 136 Å². The topological polar surface area (TPSA) is 55.6 Å². The summed E-state index contributed by atoms with van der Waals surface area (Å²) in [5.41, 5.74) is 7.92. The van der Waals surface area contributed by atoms with Crippen molar-refractivity contribution in [2.45, 2.75) is 13.0 Å². The molecule has 0 radical (unpaired) electrons. The van der Waals surface area contributed by atoms with Crippen LogP contribution >= 0.6 is 0 Å². The van der Waals surface area contributed by atoms with Gasteiger partial charge in [-0.2, -0.15) is 0 Å². The Morgan fingerprint density at radius 2 is 1.87 bits per heavy atom. The maximum absolute atomic E-state index is 12.9. The van der Waals surface area contributed by atoms with Crippen LogP contribution < -0.4 is 10.5 Å². The van der Waals surface area contributed by atoms with E-state index in [9.17, 15) is 4.79 Å². The minimum atomic E-state index is -0.139. The average Bonchev–Trinajstić information content (AvgIpc) is 2.61. The molecule has 1 aliphatic heterocycles. The van der Waals surface area contributed by atoms with Crippen molar-refractivity contribution in [3.05, 3.63) is 65.7 Å². The summed E-state index contributed by atoms with van der Waals surface area (Å²) < 4.78 is 5.76. The Morgan fingerprint density at radius 1 is 1.13 bits per heavy atom. The zero-order valence-electron chi connectivity index (χ0n) is 13.2.